The number of halogens is 1. The Morgan fingerprint density at radius 3 is 2.25 bits per heavy atom. The van der Waals surface area contributed by atoms with Gasteiger partial charge in [0.2, 0.25) is 0 Å². The van der Waals surface area contributed by atoms with Gasteiger partial charge in [0.15, 0.2) is 0 Å². The first-order chi connectivity index (χ1) is 9.10. The summed E-state index contributed by atoms with van der Waals surface area (Å²) in [6, 6.07) is 4.99. The van der Waals surface area contributed by atoms with E-state index < -0.39 is 0 Å². The second-order valence-corrected chi connectivity index (χ2v) is 6.95. The molecule has 1 heterocycles. The van der Waals surface area contributed by atoms with Crippen LogP contribution in [0.2, 0.25) is 0 Å². The van der Waals surface area contributed by atoms with Gasteiger partial charge < -0.3 is 15.4 Å². The summed E-state index contributed by atoms with van der Waals surface area (Å²) >= 11 is 4.83. The van der Waals surface area contributed by atoms with Crippen LogP contribution in [0.25, 0.3) is 0 Å². The second kappa shape index (κ2) is 4.97. The molecule has 1 saturated heterocycles. The lowest BCUT2D eigenvalue weighted by Gasteiger charge is -2.48. The van der Waals surface area contributed by atoms with Crippen molar-refractivity contribution in [3.63, 3.8) is 0 Å². The number of anilines is 1. The first-order valence-corrected chi connectivity index (χ1v) is 7.05. The summed E-state index contributed by atoms with van der Waals surface area (Å²) in [6.07, 6.45) is 0. The zero-order valence-corrected chi connectivity index (χ0v) is 13.2. The van der Waals surface area contributed by atoms with E-state index >= 15 is 0 Å². The van der Waals surface area contributed by atoms with Crippen LogP contribution in [-0.2, 0) is 4.74 Å². The molecule has 2 rings (SSSR count). The molecule has 3 nitrogen and oxygen atoms in total. The zero-order valence-electron chi connectivity index (χ0n) is 12.4. The van der Waals surface area contributed by atoms with Crippen molar-refractivity contribution in [1.82, 2.24) is 0 Å². The van der Waals surface area contributed by atoms with Gasteiger partial charge in [-0.3, -0.25) is 0 Å². The van der Waals surface area contributed by atoms with Crippen molar-refractivity contribution in [3.8, 4) is 0 Å². The molecular formula is C15H21FN2OS. The maximum Gasteiger partial charge on any atom is 0.135 e. The quantitative estimate of drug-likeness (QED) is 0.852. The first-order valence-electron chi connectivity index (χ1n) is 6.64. The molecule has 0 atom stereocenters. The summed E-state index contributed by atoms with van der Waals surface area (Å²) in [7, 11) is 0. The molecule has 0 radical (unpaired) electrons. The number of thiocarbonyl (C=S) groups is 1. The van der Waals surface area contributed by atoms with Gasteiger partial charge in [0.25, 0.3) is 0 Å². The Morgan fingerprint density at radius 2 is 1.80 bits per heavy atom. The lowest BCUT2D eigenvalue weighted by Crippen LogP contribution is -2.57. The smallest absolute Gasteiger partial charge is 0.135 e. The van der Waals surface area contributed by atoms with Gasteiger partial charge in [-0.15, -0.1) is 0 Å². The van der Waals surface area contributed by atoms with Crippen molar-refractivity contribution in [1.29, 1.82) is 0 Å². The minimum absolute atomic E-state index is 0.0803. The van der Waals surface area contributed by atoms with E-state index in [4.69, 9.17) is 22.7 Å². The minimum Gasteiger partial charge on any atom is -0.389 e. The van der Waals surface area contributed by atoms with Crippen LogP contribution in [0.1, 0.15) is 33.3 Å². The lowest BCUT2D eigenvalue weighted by atomic mass is 9.98. The average molecular weight is 296 g/mol. The van der Waals surface area contributed by atoms with E-state index in [1.807, 2.05) is 33.8 Å². The normalized spacial score (nSPS) is 20.8. The summed E-state index contributed by atoms with van der Waals surface area (Å²) < 4.78 is 20.0. The van der Waals surface area contributed by atoms with Crippen LogP contribution < -0.4 is 10.6 Å². The van der Waals surface area contributed by atoms with Gasteiger partial charge in [0.1, 0.15) is 10.8 Å². The number of benzene rings is 1. The molecule has 20 heavy (non-hydrogen) atoms. The molecule has 0 saturated carbocycles. The van der Waals surface area contributed by atoms with E-state index in [1.165, 1.54) is 6.07 Å². The van der Waals surface area contributed by atoms with Crippen molar-refractivity contribution in [2.24, 2.45) is 5.73 Å². The summed E-state index contributed by atoms with van der Waals surface area (Å²) in [6.45, 7) is 9.59. The Kier molecular flexibility index (Phi) is 3.77. The maximum absolute atomic E-state index is 14.0. The molecule has 5 heteroatoms. The van der Waals surface area contributed by atoms with E-state index in [1.54, 1.807) is 6.07 Å². The number of hydrogen-bond acceptors (Lipinski definition) is 3. The summed E-state index contributed by atoms with van der Waals surface area (Å²) in [5.41, 5.74) is 6.05. The highest BCUT2D eigenvalue weighted by Crippen LogP contribution is 2.32. The standard InChI is InChI=1S/C15H21FN2OS/c1-14(2)8-18(9-15(3,4)19-14)10-5-6-11(13(17)20)12(16)7-10/h5-7H,8-9H2,1-4H3,(H2,17,20). The topological polar surface area (TPSA) is 38.5 Å². The number of hydrogen-bond donors (Lipinski definition) is 1. The third-order valence-corrected chi connectivity index (χ3v) is 3.50. The van der Waals surface area contributed by atoms with Crippen molar-refractivity contribution >= 4 is 22.9 Å². The van der Waals surface area contributed by atoms with Crippen LogP contribution in [0.5, 0.6) is 0 Å². The fourth-order valence-electron chi connectivity index (χ4n) is 2.87. The fraction of sp³-hybridized carbons (Fsp3) is 0.533. The highest BCUT2D eigenvalue weighted by atomic mass is 32.1. The van der Waals surface area contributed by atoms with Gasteiger partial charge >= 0.3 is 0 Å². The molecule has 1 aliphatic rings. The number of ether oxygens (including phenoxy) is 1. The summed E-state index contributed by atoms with van der Waals surface area (Å²) in [4.78, 5) is 2.22. The van der Waals surface area contributed by atoms with E-state index in [0.717, 1.165) is 5.69 Å². The van der Waals surface area contributed by atoms with Gasteiger partial charge in [-0.25, -0.2) is 4.39 Å². The highest BCUT2D eigenvalue weighted by Gasteiger charge is 2.38. The second-order valence-electron chi connectivity index (χ2n) is 6.51. The van der Waals surface area contributed by atoms with Crippen molar-refractivity contribution < 1.29 is 9.13 Å². The van der Waals surface area contributed by atoms with Crippen LogP contribution in [0, 0.1) is 5.82 Å². The molecule has 0 amide bonds. The van der Waals surface area contributed by atoms with Gasteiger partial charge in [-0.05, 0) is 45.9 Å². The molecule has 0 unspecified atom stereocenters. The van der Waals surface area contributed by atoms with E-state index in [-0.39, 0.29) is 27.6 Å². The predicted molar refractivity (Wildman–Crippen MR) is 83.7 cm³/mol. The molecule has 0 spiro atoms. The van der Waals surface area contributed by atoms with E-state index in [9.17, 15) is 4.39 Å². The van der Waals surface area contributed by atoms with Gasteiger partial charge in [-0.2, -0.15) is 0 Å². The summed E-state index contributed by atoms with van der Waals surface area (Å²) in [5.74, 6) is -0.378. The number of nitrogens with zero attached hydrogens (tertiary/aromatic N) is 1. The maximum atomic E-state index is 14.0. The van der Waals surface area contributed by atoms with E-state index in [0.29, 0.717) is 13.1 Å². The molecule has 1 aliphatic heterocycles. The molecule has 110 valence electrons. The van der Waals surface area contributed by atoms with Crippen molar-refractivity contribution in [2.75, 3.05) is 18.0 Å². The largest absolute Gasteiger partial charge is 0.389 e. The Labute approximate surface area is 124 Å². The molecule has 1 aromatic rings. The monoisotopic (exact) mass is 296 g/mol. The third-order valence-electron chi connectivity index (χ3n) is 3.28. The fourth-order valence-corrected chi connectivity index (χ4v) is 3.04. The first kappa shape index (κ1) is 15.2. The number of rotatable bonds is 2. The highest BCUT2D eigenvalue weighted by molar-refractivity contribution is 7.80. The SMILES string of the molecule is CC1(C)CN(c2ccc(C(N)=S)c(F)c2)CC(C)(C)O1. The molecule has 1 aromatic carbocycles. The van der Waals surface area contributed by atoms with Crippen LogP contribution in [0.15, 0.2) is 18.2 Å². The predicted octanol–water partition coefficient (Wildman–Crippen LogP) is 2.85. The minimum atomic E-state index is -0.378. The Hall–Kier alpha value is -1.20. The summed E-state index contributed by atoms with van der Waals surface area (Å²) in [5, 5.41) is 0. The van der Waals surface area contributed by atoms with Gasteiger partial charge in [0, 0.05) is 24.3 Å². The average Bonchev–Trinajstić information content (AvgIpc) is 2.23. The van der Waals surface area contributed by atoms with E-state index in [2.05, 4.69) is 4.90 Å². The van der Waals surface area contributed by atoms with Crippen molar-refractivity contribution in [2.45, 2.75) is 38.9 Å². The molecule has 0 aliphatic carbocycles. The molecule has 2 N–H and O–H groups in total. The molecule has 1 fully saturated rings. The number of morpholine rings is 1. The Morgan fingerprint density at radius 1 is 1.25 bits per heavy atom. The molecule has 0 aromatic heterocycles. The van der Waals surface area contributed by atoms with Crippen LogP contribution >= 0.6 is 12.2 Å². The van der Waals surface area contributed by atoms with Crippen LogP contribution in [0.4, 0.5) is 10.1 Å². The Balaban J connectivity index is 2.32. The lowest BCUT2D eigenvalue weighted by molar-refractivity contribution is -0.133. The van der Waals surface area contributed by atoms with Crippen LogP contribution in [-0.4, -0.2) is 29.3 Å². The molecular weight excluding hydrogens is 275 g/mol. The van der Waals surface area contributed by atoms with Gasteiger partial charge in [-0.1, -0.05) is 12.2 Å². The number of nitrogens with two attached hydrogens (primary N) is 1. The van der Waals surface area contributed by atoms with Crippen molar-refractivity contribution in [3.05, 3.63) is 29.6 Å². The molecule has 0 bridgehead atoms. The Bertz CT molecular complexity index is 527. The zero-order chi connectivity index (χ0) is 15.1. The third kappa shape index (κ3) is 3.27. The van der Waals surface area contributed by atoms with Gasteiger partial charge in [0.05, 0.1) is 11.2 Å². The van der Waals surface area contributed by atoms with Crippen LogP contribution in [0.3, 0.4) is 0 Å².